The van der Waals surface area contributed by atoms with Crippen LogP contribution in [0.3, 0.4) is 0 Å². The number of hydrogen-bond acceptors (Lipinski definition) is 5. The molecule has 3 aromatic carbocycles. The molecule has 0 spiro atoms. The van der Waals surface area contributed by atoms with E-state index in [0.717, 1.165) is 11.4 Å². The number of carbonyl (C=O) groups excluding carboxylic acids is 1. The lowest BCUT2D eigenvalue weighted by atomic mass is 10.2. The highest BCUT2D eigenvalue weighted by atomic mass is 35.5. The average molecular weight is 491 g/mol. The van der Waals surface area contributed by atoms with Crippen LogP contribution in [0.4, 0.5) is 0 Å². The van der Waals surface area contributed by atoms with Crippen LogP contribution in [0.25, 0.3) is 11.0 Å². The van der Waals surface area contributed by atoms with Gasteiger partial charge in [-0.3, -0.25) is 4.79 Å². The van der Waals surface area contributed by atoms with Gasteiger partial charge in [-0.05, 0) is 48.9 Å². The number of halogens is 2. The van der Waals surface area contributed by atoms with E-state index in [1.165, 1.54) is 24.3 Å². The highest BCUT2D eigenvalue weighted by Gasteiger charge is 2.22. The number of carbonyl (C=O) groups is 1. The van der Waals surface area contributed by atoms with Gasteiger partial charge in [0.15, 0.2) is 0 Å². The Morgan fingerprint density at radius 2 is 1.66 bits per heavy atom. The summed E-state index contributed by atoms with van der Waals surface area (Å²) in [4.78, 5) is 17.1. The van der Waals surface area contributed by atoms with E-state index < -0.39 is 15.9 Å². The van der Waals surface area contributed by atoms with Crippen LogP contribution < -0.4 is 10.9 Å². The molecule has 0 unspecified atom stereocenters. The van der Waals surface area contributed by atoms with Crippen molar-refractivity contribution in [3.05, 3.63) is 93.7 Å². The van der Waals surface area contributed by atoms with Crippen molar-refractivity contribution < 1.29 is 13.2 Å². The summed E-state index contributed by atoms with van der Waals surface area (Å²) in [6.07, 6.45) is 0. The van der Waals surface area contributed by atoms with Crippen LogP contribution in [0.2, 0.25) is 10.0 Å². The molecule has 1 heterocycles. The molecule has 10 heteroatoms. The second-order valence-corrected chi connectivity index (χ2v) is 9.37. The molecule has 4 rings (SSSR count). The summed E-state index contributed by atoms with van der Waals surface area (Å²) in [6, 6.07) is 18.2. The predicted octanol–water partition coefficient (Wildman–Crippen LogP) is 4.98. The average Bonchev–Trinajstić information content (AvgIpc) is 3.04. The second kappa shape index (κ2) is 9.30. The lowest BCUT2D eigenvalue weighted by Crippen LogP contribution is -2.30. The van der Waals surface area contributed by atoms with Gasteiger partial charge in [0, 0.05) is 10.6 Å². The van der Waals surface area contributed by atoms with E-state index in [2.05, 4.69) is 9.71 Å². The minimum Gasteiger partial charge on any atom is -0.344 e. The highest BCUT2D eigenvalue weighted by Crippen LogP contribution is 2.24. The summed E-state index contributed by atoms with van der Waals surface area (Å²) in [6.45, 7) is 2.32. The maximum atomic E-state index is 12.7. The quantitative estimate of drug-likeness (QED) is 0.409. The summed E-state index contributed by atoms with van der Waals surface area (Å²) in [7, 11) is -4.12. The van der Waals surface area contributed by atoms with Gasteiger partial charge in [-0.1, -0.05) is 53.5 Å². The number of aromatic nitrogens is 2. The zero-order valence-electron chi connectivity index (χ0n) is 17.0. The van der Waals surface area contributed by atoms with Crippen molar-refractivity contribution in [2.24, 2.45) is 0 Å². The fourth-order valence-electron chi connectivity index (χ4n) is 3.28. The molecule has 1 aromatic heterocycles. The Morgan fingerprint density at radius 3 is 2.34 bits per heavy atom. The number of sulfonamides is 1. The van der Waals surface area contributed by atoms with Gasteiger partial charge in [0.25, 0.3) is 15.9 Å². The standard InChI is InChI=1S/C22H17Cl2N3O3S.H3N/c1-14-25-19-11-10-15(12-20(19)27(14)13-16-6-2-3-7-17(16)23)22(28)26-31(29,30)21-9-5-4-8-18(21)24;/h2-12H,13H2,1H3,(H,26,28);1H3. The number of nitrogens with one attached hydrogen (secondary N) is 1. The lowest BCUT2D eigenvalue weighted by molar-refractivity contribution is 0.0981. The number of aryl methyl sites for hydroxylation is 1. The van der Waals surface area contributed by atoms with Gasteiger partial charge in [-0.15, -0.1) is 0 Å². The minimum absolute atomic E-state index is 0. The molecule has 0 atom stereocenters. The maximum absolute atomic E-state index is 12.7. The predicted molar refractivity (Wildman–Crippen MR) is 126 cm³/mol. The fraction of sp³-hybridized carbons (Fsp3) is 0.0909. The molecule has 0 aliphatic carbocycles. The third kappa shape index (κ3) is 4.63. The van der Waals surface area contributed by atoms with E-state index in [1.807, 2.05) is 35.8 Å². The zero-order valence-corrected chi connectivity index (χ0v) is 19.4. The Kier molecular flexibility index (Phi) is 6.90. The largest absolute Gasteiger partial charge is 0.344 e. The van der Waals surface area contributed by atoms with Gasteiger partial charge in [0.2, 0.25) is 0 Å². The molecule has 166 valence electrons. The first-order chi connectivity index (χ1) is 14.8. The van der Waals surface area contributed by atoms with Crippen molar-refractivity contribution in [2.75, 3.05) is 0 Å². The van der Waals surface area contributed by atoms with Crippen LogP contribution in [0.5, 0.6) is 0 Å². The summed E-state index contributed by atoms with van der Waals surface area (Å²) >= 11 is 12.3. The van der Waals surface area contributed by atoms with Crippen molar-refractivity contribution in [2.45, 2.75) is 18.4 Å². The van der Waals surface area contributed by atoms with Gasteiger partial charge in [-0.2, -0.15) is 0 Å². The minimum atomic E-state index is -4.12. The molecule has 1 amide bonds. The van der Waals surface area contributed by atoms with Gasteiger partial charge < -0.3 is 10.7 Å². The van der Waals surface area contributed by atoms with Crippen molar-refractivity contribution >= 4 is 50.2 Å². The molecule has 0 aliphatic heterocycles. The van der Waals surface area contributed by atoms with E-state index in [9.17, 15) is 13.2 Å². The van der Waals surface area contributed by atoms with Gasteiger partial charge in [0.1, 0.15) is 10.7 Å². The van der Waals surface area contributed by atoms with Crippen LogP contribution in [-0.2, 0) is 16.6 Å². The molecular weight excluding hydrogens is 471 g/mol. The van der Waals surface area contributed by atoms with Crippen LogP contribution in [-0.4, -0.2) is 23.9 Å². The first kappa shape index (κ1) is 23.7. The molecule has 4 aromatic rings. The van der Waals surface area contributed by atoms with Gasteiger partial charge in [0.05, 0.1) is 22.6 Å². The number of benzene rings is 3. The van der Waals surface area contributed by atoms with Crippen LogP contribution in [0, 0.1) is 6.92 Å². The molecule has 0 radical (unpaired) electrons. The molecule has 0 aliphatic rings. The van der Waals surface area contributed by atoms with E-state index in [1.54, 1.807) is 18.2 Å². The molecule has 4 N–H and O–H groups in total. The topological polar surface area (TPSA) is 116 Å². The van der Waals surface area contributed by atoms with Gasteiger partial charge in [-0.25, -0.2) is 18.1 Å². The molecule has 0 saturated heterocycles. The summed E-state index contributed by atoms with van der Waals surface area (Å²) < 4.78 is 29.2. The number of hydrogen-bond donors (Lipinski definition) is 2. The van der Waals surface area contributed by atoms with Crippen LogP contribution in [0.1, 0.15) is 21.7 Å². The number of fused-ring (bicyclic) bond motifs is 1. The molecule has 7 nitrogen and oxygen atoms in total. The third-order valence-electron chi connectivity index (χ3n) is 4.84. The molecule has 0 saturated carbocycles. The summed E-state index contributed by atoms with van der Waals surface area (Å²) in [5.74, 6) is -0.0128. The zero-order chi connectivity index (χ0) is 22.2. The Hall–Kier alpha value is -2.91. The highest BCUT2D eigenvalue weighted by molar-refractivity contribution is 7.90. The van der Waals surface area contributed by atoms with E-state index >= 15 is 0 Å². The number of imidazole rings is 1. The Balaban J connectivity index is 0.00000289. The SMILES string of the molecule is Cc1nc2ccc(C(=O)NS(=O)(=O)c3ccccc3Cl)cc2n1Cc1ccccc1Cl.N. The number of rotatable bonds is 5. The molecular formula is C22H20Cl2N4O3S. The normalized spacial score (nSPS) is 11.2. The van der Waals surface area contributed by atoms with Gasteiger partial charge >= 0.3 is 0 Å². The number of amides is 1. The van der Waals surface area contributed by atoms with Crippen LogP contribution in [0.15, 0.2) is 71.6 Å². The van der Waals surface area contributed by atoms with Crippen molar-refractivity contribution in [3.8, 4) is 0 Å². The third-order valence-corrected chi connectivity index (χ3v) is 7.04. The Labute approximate surface area is 195 Å². The monoisotopic (exact) mass is 490 g/mol. The fourth-order valence-corrected chi connectivity index (χ4v) is 4.97. The van der Waals surface area contributed by atoms with E-state index in [-0.39, 0.29) is 21.6 Å². The first-order valence-electron chi connectivity index (χ1n) is 9.28. The van der Waals surface area contributed by atoms with Crippen LogP contribution >= 0.6 is 23.2 Å². The van der Waals surface area contributed by atoms with Crippen molar-refractivity contribution in [1.29, 1.82) is 0 Å². The molecule has 32 heavy (non-hydrogen) atoms. The smallest absolute Gasteiger partial charge is 0.265 e. The molecule has 0 fully saturated rings. The van der Waals surface area contributed by atoms with E-state index in [4.69, 9.17) is 23.2 Å². The Morgan fingerprint density at radius 1 is 1.00 bits per heavy atom. The lowest BCUT2D eigenvalue weighted by Gasteiger charge is -2.10. The second-order valence-electron chi connectivity index (χ2n) is 6.91. The van der Waals surface area contributed by atoms with Crippen molar-refractivity contribution in [3.63, 3.8) is 0 Å². The van der Waals surface area contributed by atoms with Crippen molar-refractivity contribution in [1.82, 2.24) is 20.4 Å². The maximum Gasteiger partial charge on any atom is 0.265 e. The van der Waals surface area contributed by atoms with E-state index in [0.29, 0.717) is 22.6 Å². The number of nitrogens with zero attached hydrogens (tertiary/aromatic N) is 2. The molecule has 0 bridgehead atoms. The summed E-state index contributed by atoms with van der Waals surface area (Å²) in [5.41, 5.74) is 2.47. The Bertz CT molecular complexity index is 1420. The first-order valence-corrected chi connectivity index (χ1v) is 11.5. The summed E-state index contributed by atoms with van der Waals surface area (Å²) in [5, 5.41) is 0.662.